The van der Waals surface area contributed by atoms with Crippen molar-refractivity contribution in [3.8, 4) is 0 Å². The van der Waals surface area contributed by atoms with Gasteiger partial charge in [0, 0.05) is 0 Å². The highest BCUT2D eigenvalue weighted by Crippen LogP contribution is 2.33. The maximum absolute atomic E-state index is 10.1. The molecular formula is C22H44O3. The van der Waals surface area contributed by atoms with Crippen LogP contribution in [-0.4, -0.2) is 29.2 Å². The van der Waals surface area contributed by atoms with Crippen LogP contribution in [0, 0.1) is 0 Å². The summed E-state index contributed by atoms with van der Waals surface area (Å²) in [5.41, 5.74) is 0. The third-order valence-electron chi connectivity index (χ3n) is 5.36. The number of aliphatic hydroxyl groups is 1. The van der Waals surface area contributed by atoms with Crippen molar-refractivity contribution in [1.29, 1.82) is 0 Å². The summed E-state index contributed by atoms with van der Waals surface area (Å²) < 4.78 is 11.9. The first-order valence-electron chi connectivity index (χ1n) is 11.0. The summed E-state index contributed by atoms with van der Waals surface area (Å²) in [5.74, 6) is -0.553. The molecule has 1 aliphatic heterocycles. The van der Waals surface area contributed by atoms with Crippen LogP contribution in [0.2, 0.25) is 0 Å². The summed E-state index contributed by atoms with van der Waals surface area (Å²) >= 11 is 0. The van der Waals surface area contributed by atoms with Crippen molar-refractivity contribution in [1.82, 2.24) is 0 Å². The zero-order valence-electron chi connectivity index (χ0n) is 17.4. The molecule has 0 amide bonds. The van der Waals surface area contributed by atoms with E-state index in [1.54, 1.807) is 0 Å². The van der Waals surface area contributed by atoms with Gasteiger partial charge >= 0.3 is 0 Å². The Morgan fingerprint density at radius 1 is 0.760 bits per heavy atom. The van der Waals surface area contributed by atoms with Crippen LogP contribution in [0.5, 0.6) is 0 Å². The summed E-state index contributed by atoms with van der Waals surface area (Å²) in [5, 5.41) is 10.1. The molecule has 1 saturated heterocycles. The van der Waals surface area contributed by atoms with Crippen LogP contribution in [0.4, 0.5) is 0 Å². The summed E-state index contributed by atoms with van der Waals surface area (Å²) in [6.45, 7) is 8.17. The molecule has 150 valence electrons. The average molecular weight is 357 g/mol. The average Bonchev–Trinajstić information content (AvgIpc) is 2.90. The van der Waals surface area contributed by atoms with Gasteiger partial charge in [0.25, 0.3) is 0 Å². The van der Waals surface area contributed by atoms with Gasteiger partial charge in [-0.25, -0.2) is 0 Å². The van der Waals surface area contributed by atoms with Crippen LogP contribution >= 0.6 is 0 Å². The van der Waals surface area contributed by atoms with Gasteiger partial charge in [0.15, 0.2) is 5.79 Å². The molecule has 25 heavy (non-hydrogen) atoms. The molecule has 0 aromatic rings. The molecule has 3 heteroatoms. The highest BCUT2D eigenvalue weighted by Gasteiger charge is 2.43. The van der Waals surface area contributed by atoms with Gasteiger partial charge in [-0.05, 0) is 26.7 Å². The Bertz CT molecular complexity index is 316. The number of rotatable bonds is 15. The predicted molar refractivity (Wildman–Crippen MR) is 106 cm³/mol. The van der Waals surface area contributed by atoms with Gasteiger partial charge in [0.05, 0.1) is 12.2 Å². The zero-order valence-corrected chi connectivity index (χ0v) is 17.4. The molecule has 0 radical (unpaired) electrons. The van der Waals surface area contributed by atoms with Crippen LogP contribution in [-0.2, 0) is 9.47 Å². The van der Waals surface area contributed by atoms with Crippen LogP contribution in [0.25, 0.3) is 0 Å². The molecule has 1 N–H and O–H groups in total. The third-order valence-corrected chi connectivity index (χ3v) is 5.36. The molecule has 0 unspecified atom stereocenters. The topological polar surface area (TPSA) is 38.7 Å². The van der Waals surface area contributed by atoms with E-state index >= 15 is 0 Å². The second kappa shape index (κ2) is 13.1. The fraction of sp³-hybridized carbons (Fsp3) is 1.00. The molecule has 0 aromatic heterocycles. The van der Waals surface area contributed by atoms with E-state index in [1.165, 1.54) is 77.0 Å². The summed E-state index contributed by atoms with van der Waals surface area (Å²) in [6, 6.07) is 0. The quantitative estimate of drug-likeness (QED) is 0.346. The fourth-order valence-electron chi connectivity index (χ4n) is 3.83. The minimum atomic E-state index is -0.553. The van der Waals surface area contributed by atoms with Crippen LogP contribution in [0.3, 0.4) is 0 Å². The summed E-state index contributed by atoms with van der Waals surface area (Å²) in [4.78, 5) is 0. The first-order chi connectivity index (χ1) is 12.0. The highest BCUT2D eigenvalue weighted by molar-refractivity contribution is 4.85. The van der Waals surface area contributed by atoms with E-state index in [4.69, 9.17) is 9.47 Å². The van der Waals surface area contributed by atoms with Gasteiger partial charge in [0.2, 0.25) is 0 Å². The van der Waals surface area contributed by atoms with Gasteiger partial charge in [-0.1, -0.05) is 90.9 Å². The lowest BCUT2D eigenvalue weighted by molar-refractivity contribution is -0.155. The Kier molecular flexibility index (Phi) is 12.0. The number of unbranched alkanes of at least 4 members (excludes halogenated alkanes) is 11. The van der Waals surface area contributed by atoms with Crippen molar-refractivity contribution in [3.63, 3.8) is 0 Å². The first kappa shape index (κ1) is 22.9. The smallest absolute Gasteiger partial charge is 0.163 e. The second-order valence-corrected chi connectivity index (χ2v) is 8.29. The van der Waals surface area contributed by atoms with Crippen LogP contribution < -0.4 is 0 Å². The lowest BCUT2D eigenvalue weighted by Gasteiger charge is -2.21. The van der Waals surface area contributed by atoms with Crippen molar-refractivity contribution in [2.75, 3.05) is 0 Å². The van der Waals surface area contributed by atoms with Crippen molar-refractivity contribution >= 4 is 0 Å². The Morgan fingerprint density at radius 2 is 1.24 bits per heavy atom. The molecule has 1 aliphatic rings. The van der Waals surface area contributed by atoms with Gasteiger partial charge in [-0.2, -0.15) is 0 Å². The Hall–Kier alpha value is -0.120. The first-order valence-corrected chi connectivity index (χ1v) is 11.0. The Balaban J connectivity index is 2.00. The number of aliphatic hydroxyl groups excluding tert-OH is 1. The maximum atomic E-state index is 10.1. The molecule has 1 heterocycles. The van der Waals surface area contributed by atoms with E-state index in [-0.39, 0.29) is 12.2 Å². The van der Waals surface area contributed by atoms with Crippen molar-refractivity contribution in [3.05, 3.63) is 0 Å². The zero-order chi connectivity index (χ0) is 18.5. The minimum absolute atomic E-state index is 0.0491. The fourth-order valence-corrected chi connectivity index (χ4v) is 3.83. The van der Waals surface area contributed by atoms with E-state index in [2.05, 4.69) is 6.92 Å². The Labute approximate surface area is 156 Å². The molecular weight excluding hydrogens is 312 g/mol. The molecule has 1 fully saturated rings. The molecule has 3 atom stereocenters. The maximum Gasteiger partial charge on any atom is 0.163 e. The van der Waals surface area contributed by atoms with E-state index in [0.29, 0.717) is 0 Å². The van der Waals surface area contributed by atoms with Crippen molar-refractivity contribution in [2.45, 2.75) is 142 Å². The largest absolute Gasteiger partial charge is 0.390 e. The number of ether oxygens (including phenoxy) is 2. The van der Waals surface area contributed by atoms with Crippen LogP contribution in [0.1, 0.15) is 118 Å². The monoisotopic (exact) mass is 356 g/mol. The van der Waals surface area contributed by atoms with Gasteiger partial charge < -0.3 is 14.6 Å². The molecule has 0 aliphatic carbocycles. The Morgan fingerprint density at radius 3 is 1.72 bits per heavy atom. The molecule has 0 saturated carbocycles. The summed E-state index contributed by atoms with van der Waals surface area (Å²) in [7, 11) is 0. The van der Waals surface area contributed by atoms with E-state index in [0.717, 1.165) is 12.8 Å². The third kappa shape index (κ3) is 9.96. The highest BCUT2D eigenvalue weighted by atomic mass is 16.8. The number of hydrogen-bond acceptors (Lipinski definition) is 3. The lowest BCUT2D eigenvalue weighted by atomic mass is 9.99. The van der Waals surface area contributed by atoms with Gasteiger partial charge in [-0.15, -0.1) is 0 Å². The standard InChI is InChI=1S/C22H44O3/c1-5-7-8-9-10-11-12-13-14-15-16-17-18-20-21(19(23)6-2)25-22(3,4)24-20/h19-21,23H,5-18H2,1-4H3/t19-,20+,21+/m1/s1. The second-order valence-electron chi connectivity index (χ2n) is 8.29. The van der Waals surface area contributed by atoms with E-state index < -0.39 is 11.9 Å². The van der Waals surface area contributed by atoms with Crippen molar-refractivity contribution < 1.29 is 14.6 Å². The minimum Gasteiger partial charge on any atom is -0.390 e. The molecule has 0 aromatic carbocycles. The predicted octanol–water partition coefficient (Wildman–Crippen LogP) is 6.37. The van der Waals surface area contributed by atoms with Gasteiger partial charge in [-0.3, -0.25) is 0 Å². The molecule has 1 rings (SSSR count). The van der Waals surface area contributed by atoms with Gasteiger partial charge in [0.1, 0.15) is 6.10 Å². The summed E-state index contributed by atoms with van der Waals surface area (Å²) in [6.07, 6.45) is 17.6. The van der Waals surface area contributed by atoms with Crippen molar-refractivity contribution in [2.24, 2.45) is 0 Å². The lowest BCUT2D eigenvalue weighted by Crippen LogP contribution is -2.35. The molecule has 3 nitrogen and oxygen atoms in total. The SMILES string of the molecule is CCCCCCCCCCCCCC[C@@H]1OC(C)(C)O[C@H]1[C@H](O)CC. The van der Waals surface area contributed by atoms with Crippen LogP contribution in [0.15, 0.2) is 0 Å². The molecule has 0 spiro atoms. The number of hydrogen-bond donors (Lipinski definition) is 1. The van der Waals surface area contributed by atoms with E-state index in [1.807, 2.05) is 20.8 Å². The molecule has 0 bridgehead atoms. The van der Waals surface area contributed by atoms with E-state index in [9.17, 15) is 5.11 Å². The normalized spacial score (nSPS) is 23.9.